The smallest absolute Gasteiger partial charge is 0.289 e. The Morgan fingerprint density at radius 1 is 1.10 bits per heavy atom. The lowest BCUT2D eigenvalue weighted by Gasteiger charge is -2.17. The molecule has 1 heterocycles. The minimum Gasteiger partial charge on any atom is -0.289 e. The van der Waals surface area contributed by atoms with Gasteiger partial charge in [0.1, 0.15) is 0 Å². The van der Waals surface area contributed by atoms with Crippen LogP contribution in [0, 0.1) is 0 Å². The van der Waals surface area contributed by atoms with E-state index in [1.807, 2.05) is 0 Å². The van der Waals surface area contributed by atoms with Gasteiger partial charge in [-0.15, -0.1) is 0 Å². The zero-order valence-corrected chi connectivity index (χ0v) is 12.1. The summed E-state index contributed by atoms with van der Waals surface area (Å²) >= 11 is 1.12. The summed E-state index contributed by atoms with van der Waals surface area (Å²) < 4.78 is 0.783. The van der Waals surface area contributed by atoms with Gasteiger partial charge in [0.15, 0.2) is 0 Å². The summed E-state index contributed by atoms with van der Waals surface area (Å²) in [5.41, 5.74) is 2.72. The molecule has 1 aromatic carbocycles. The zero-order valence-electron chi connectivity index (χ0n) is 11.2. The Balaban J connectivity index is 2.42. The molecule has 0 atom stereocenters. The Labute approximate surface area is 123 Å². The maximum Gasteiger partial charge on any atom is 0.314 e. The molecule has 2 amide bonds. The normalized spacial score (nSPS) is 10.2. The van der Waals surface area contributed by atoms with Crippen LogP contribution in [0.1, 0.15) is 13.8 Å². The van der Waals surface area contributed by atoms with Gasteiger partial charge >= 0.3 is 11.8 Å². The number of ketones is 2. The first-order valence-corrected chi connectivity index (χ1v) is 6.74. The molecule has 0 fully saturated rings. The lowest BCUT2D eigenvalue weighted by Crippen LogP contribution is -2.50. The van der Waals surface area contributed by atoms with E-state index in [1.165, 1.54) is 0 Å². The number of carbonyl (C=O) groups is 4. The Hall–Kier alpha value is -2.61. The van der Waals surface area contributed by atoms with Gasteiger partial charge in [-0.2, -0.15) is 5.01 Å². The molecule has 21 heavy (non-hydrogen) atoms. The molecule has 8 heteroatoms. The van der Waals surface area contributed by atoms with E-state index in [-0.39, 0.29) is 5.13 Å². The van der Waals surface area contributed by atoms with Crippen LogP contribution < -0.4 is 10.4 Å². The quantitative estimate of drug-likeness (QED) is 0.669. The molecule has 0 saturated carbocycles. The second-order valence-electron chi connectivity index (χ2n) is 4.16. The molecule has 108 valence electrons. The third kappa shape index (κ3) is 3.11. The number of fused-ring (bicyclic) bond motifs is 1. The van der Waals surface area contributed by atoms with E-state index in [4.69, 9.17) is 0 Å². The average Bonchev–Trinajstić information content (AvgIpc) is 2.86. The molecule has 0 aliphatic carbocycles. The van der Waals surface area contributed by atoms with Crippen molar-refractivity contribution in [3.8, 4) is 0 Å². The van der Waals surface area contributed by atoms with Gasteiger partial charge in [-0.1, -0.05) is 23.5 Å². The topological polar surface area (TPSA) is 96.4 Å². The highest BCUT2D eigenvalue weighted by Crippen LogP contribution is 2.27. The predicted octanol–water partition coefficient (Wildman–Crippen LogP) is 0.838. The molecular formula is C13H11N3O4S. The summed E-state index contributed by atoms with van der Waals surface area (Å²) in [5.74, 6) is -3.52. The monoisotopic (exact) mass is 305 g/mol. The summed E-state index contributed by atoms with van der Waals surface area (Å²) in [6, 6.07) is 7.10. The Bertz CT molecular complexity index is 720. The number of thiazole rings is 1. The van der Waals surface area contributed by atoms with Crippen LogP contribution in [0.4, 0.5) is 5.13 Å². The molecule has 0 aliphatic heterocycles. The summed E-state index contributed by atoms with van der Waals surface area (Å²) in [7, 11) is 0. The highest BCUT2D eigenvalue weighted by molar-refractivity contribution is 7.22. The number of para-hydroxylation sites is 1. The number of carbonyl (C=O) groups excluding carboxylic acids is 4. The molecule has 0 aliphatic rings. The number of anilines is 1. The predicted molar refractivity (Wildman–Crippen MR) is 76.6 cm³/mol. The first kappa shape index (κ1) is 14.8. The van der Waals surface area contributed by atoms with Gasteiger partial charge in [-0.3, -0.25) is 24.6 Å². The van der Waals surface area contributed by atoms with Crippen LogP contribution in [0.3, 0.4) is 0 Å². The van der Waals surface area contributed by atoms with Gasteiger partial charge in [0.05, 0.1) is 10.2 Å². The van der Waals surface area contributed by atoms with Crippen molar-refractivity contribution in [1.82, 2.24) is 10.4 Å². The molecular weight excluding hydrogens is 294 g/mol. The van der Waals surface area contributed by atoms with Gasteiger partial charge in [-0.25, -0.2) is 4.98 Å². The van der Waals surface area contributed by atoms with Crippen LogP contribution >= 0.6 is 11.3 Å². The van der Waals surface area contributed by atoms with Crippen LogP contribution in [-0.4, -0.2) is 28.4 Å². The number of benzene rings is 1. The van der Waals surface area contributed by atoms with E-state index in [0.717, 1.165) is 29.9 Å². The van der Waals surface area contributed by atoms with E-state index in [0.29, 0.717) is 10.5 Å². The fraction of sp³-hybridized carbons (Fsp3) is 0.154. The van der Waals surface area contributed by atoms with E-state index < -0.39 is 23.4 Å². The molecule has 7 nitrogen and oxygen atoms in total. The number of nitrogens with zero attached hydrogens (tertiary/aromatic N) is 2. The minimum atomic E-state index is -0.996. The Morgan fingerprint density at radius 2 is 1.76 bits per heavy atom. The standard InChI is InChI=1S/C13H11N3O4S/c1-7(17)11(19)15-16(12(20)8(2)18)13-14-9-5-3-4-6-10(9)21-13/h3-6H,1-2H3,(H,15,19). The van der Waals surface area contributed by atoms with Gasteiger partial charge in [0.25, 0.3) is 0 Å². The van der Waals surface area contributed by atoms with Crippen molar-refractivity contribution in [2.75, 3.05) is 5.01 Å². The average molecular weight is 305 g/mol. The summed E-state index contributed by atoms with van der Waals surface area (Å²) in [5, 5.41) is 0.822. The summed E-state index contributed by atoms with van der Waals surface area (Å²) in [4.78, 5) is 49.8. The molecule has 0 unspecified atom stereocenters. The third-order valence-corrected chi connectivity index (χ3v) is 3.53. The van der Waals surface area contributed by atoms with Crippen molar-refractivity contribution >= 4 is 50.1 Å². The number of rotatable bonds is 3. The van der Waals surface area contributed by atoms with E-state index >= 15 is 0 Å². The van der Waals surface area contributed by atoms with Crippen LogP contribution in [0.25, 0.3) is 10.2 Å². The zero-order chi connectivity index (χ0) is 15.6. The van der Waals surface area contributed by atoms with E-state index in [9.17, 15) is 19.2 Å². The molecule has 1 N–H and O–H groups in total. The maximum atomic E-state index is 11.9. The maximum absolute atomic E-state index is 11.9. The van der Waals surface area contributed by atoms with Crippen LogP contribution in [0.5, 0.6) is 0 Å². The fourth-order valence-electron chi connectivity index (χ4n) is 1.48. The number of amides is 2. The third-order valence-electron chi connectivity index (χ3n) is 2.51. The number of Topliss-reactive ketones (excluding diaryl/α,β-unsaturated/α-hetero) is 2. The molecule has 0 saturated heterocycles. The SMILES string of the molecule is CC(=O)C(=O)NN(C(=O)C(C)=O)c1nc2ccccc2s1. The van der Waals surface area contributed by atoms with E-state index in [2.05, 4.69) is 10.4 Å². The number of hydrogen-bond acceptors (Lipinski definition) is 6. The van der Waals surface area contributed by atoms with Crippen LogP contribution in [-0.2, 0) is 19.2 Å². The molecule has 2 rings (SSSR count). The van der Waals surface area contributed by atoms with Crippen molar-refractivity contribution in [1.29, 1.82) is 0 Å². The number of aromatic nitrogens is 1. The second-order valence-corrected chi connectivity index (χ2v) is 5.17. The van der Waals surface area contributed by atoms with Crippen molar-refractivity contribution in [3.05, 3.63) is 24.3 Å². The van der Waals surface area contributed by atoms with Crippen molar-refractivity contribution in [2.45, 2.75) is 13.8 Å². The van der Waals surface area contributed by atoms with Gasteiger partial charge in [0, 0.05) is 13.8 Å². The van der Waals surface area contributed by atoms with Crippen molar-refractivity contribution < 1.29 is 19.2 Å². The second kappa shape index (κ2) is 5.80. The van der Waals surface area contributed by atoms with E-state index in [1.54, 1.807) is 24.3 Å². The Kier molecular flexibility index (Phi) is 4.08. The van der Waals surface area contributed by atoms with Crippen LogP contribution in [0.2, 0.25) is 0 Å². The van der Waals surface area contributed by atoms with Crippen molar-refractivity contribution in [2.24, 2.45) is 0 Å². The highest BCUT2D eigenvalue weighted by Gasteiger charge is 2.26. The molecule has 0 bridgehead atoms. The van der Waals surface area contributed by atoms with Gasteiger partial charge < -0.3 is 0 Å². The lowest BCUT2D eigenvalue weighted by molar-refractivity contribution is -0.139. The first-order chi connectivity index (χ1) is 9.90. The fourth-order valence-corrected chi connectivity index (χ4v) is 2.40. The number of nitrogens with one attached hydrogen (secondary N) is 1. The molecule has 1 aromatic heterocycles. The van der Waals surface area contributed by atoms with Crippen LogP contribution in [0.15, 0.2) is 24.3 Å². The summed E-state index contributed by atoms with van der Waals surface area (Å²) in [6.45, 7) is 2.13. The number of hydrogen-bond donors (Lipinski definition) is 1. The minimum absolute atomic E-state index is 0.117. The van der Waals surface area contributed by atoms with Gasteiger partial charge in [0.2, 0.25) is 16.7 Å². The van der Waals surface area contributed by atoms with Crippen molar-refractivity contribution in [3.63, 3.8) is 0 Å². The molecule has 0 spiro atoms. The Morgan fingerprint density at radius 3 is 2.33 bits per heavy atom. The largest absolute Gasteiger partial charge is 0.314 e. The lowest BCUT2D eigenvalue weighted by atomic mass is 10.3. The highest BCUT2D eigenvalue weighted by atomic mass is 32.1. The molecule has 2 aromatic rings. The first-order valence-electron chi connectivity index (χ1n) is 5.92. The molecule has 0 radical (unpaired) electrons. The summed E-state index contributed by atoms with van der Waals surface area (Å²) in [6.07, 6.45) is 0. The number of hydrazine groups is 1. The van der Waals surface area contributed by atoms with Gasteiger partial charge in [-0.05, 0) is 12.1 Å².